The molecule has 0 radical (unpaired) electrons. The second-order valence-corrected chi connectivity index (χ2v) is 7.62. The number of amides is 1. The van der Waals surface area contributed by atoms with Crippen LogP contribution in [0.3, 0.4) is 0 Å². The van der Waals surface area contributed by atoms with Crippen LogP contribution < -0.4 is 5.32 Å². The second-order valence-electron chi connectivity index (χ2n) is 7.62. The van der Waals surface area contributed by atoms with E-state index in [4.69, 9.17) is 4.74 Å². The molecule has 156 valence electrons. The molecule has 0 aliphatic heterocycles. The van der Waals surface area contributed by atoms with E-state index in [-0.39, 0.29) is 18.7 Å². The van der Waals surface area contributed by atoms with Crippen LogP contribution in [0.2, 0.25) is 0 Å². The van der Waals surface area contributed by atoms with Crippen molar-refractivity contribution in [3.63, 3.8) is 0 Å². The van der Waals surface area contributed by atoms with Gasteiger partial charge >= 0.3 is 6.18 Å². The third-order valence-electron chi connectivity index (χ3n) is 5.35. The van der Waals surface area contributed by atoms with Crippen LogP contribution in [0.4, 0.5) is 13.2 Å². The lowest BCUT2D eigenvalue weighted by molar-refractivity contribution is -0.186. The molecule has 3 nitrogen and oxygen atoms in total. The lowest BCUT2D eigenvalue weighted by Gasteiger charge is -2.29. The van der Waals surface area contributed by atoms with Crippen molar-refractivity contribution in [2.24, 2.45) is 11.8 Å². The van der Waals surface area contributed by atoms with Crippen molar-refractivity contribution in [3.05, 3.63) is 71.3 Å². The van der Waals surface area contributed by atoms with Crippen LogP contribution in [-0.2, 0) is 29.3 Å². The summed E-state index contributed by atoms with van der Waals surface area (Å²) in [4.78, 5) is 12.4. The summed E-state index contributed by atoms with van der Waals surface area (Å²) in [6.07, 6.45) is -3.24. The first kappa shape index (κ1) is 21.4. The highest BCUT2D eigenvalue weighted by Gasteiger charge is 2.43. The fourth-order valence-corrected chi connectivity index (χ4v) is 3.75. The summed E-state index contributed by atoms with van der Waals surface area (Å²) in [6, 6.07) is 17.6. The van der Waals surface area contributed by atoms with Gasteiger partial charge in [-0.05, 0) is 36.0 Å². The van der Waals surface area contributed by atoms with Gasteiger partial charge < -0.3 is 10.1 Å². The molecule has 0 aromatic heterocycles. The Morgan fingerprint density at radius 1 is 0.966 bits per heavy atom. The standard InChI is InChI=1S/C23H26F3NO2/c24-23(25,26)21-11-5-10-20(13-21)22(28)27-14-18-8-4-9-19(12-18)16-29-15-17-6-2-1-3-7-17/h1-4,6-9,12,20-21H,5,10-11,13-16H2,(H,27,28)/t20-,21-/m1/s1. The number of nitrogens with one attached hydrogen (secondary N) is 1. The van der Waals surface area contributed by atoms with Gasteiger partial charge in [0.15, 0.2) is 0 Å². The summed E-state index contributed by atoms with van der Waals surface area (Å²) < 4.78 is 44.6. The van der Waals surface area contributed by atoms with Crippen molar-refractivity contribution in [1.82, 2.24) is 5.32 Å². The van der Waals surface area contributed by atoms with Crippen molar-refractivity contribution < 1.29 is 22.7 Å². The van der Waals surface area contributed by atoms with Crippen molar-refractivity contribution in [2.75, 3.05) is 0 Å². The predicted octanol–water partition coefficient (Wildman–Crippen LogP) is 5.39. The van der Waals surface area contributed by atoms with E-state index in [1.807, 2.05) is 54.6 Å². The van der Waals surface area contributed by atoms with Crippen LogP contribution in [0.1, 0.15) is 42.4 Å². The maximum absolute atomic E-state index is 12.9. The van der Waals surface area contributed by atoms with Gasteiger partial charge in [0, 0.05) is 12.5 Å². The minimum Gasteiger partial charge on any atom is -0.372 e. The Morgan fingerprint density at radius 2 is 1.66 bits per heavy atom. The van der Waals surface area contributed by atoms with Gasteiger partial charge in [-0.3, -0.25) is 4.79 Å². The average Bonchev–Trinajstić information content (AvgIpc) is 2.73. The summed E-state index contributed by atoms with van der Waals surface area (Å²) in [5, 5.41) is 2.80. The highest BCUT2D eigenvalue weighted by Crippen LogP contribution is 2.39. The minimum absolute atomic E-state index is 0.108. The molecule has 0 heterocycles. The van der Waals surface area contributed by atoms with Crippen LogP contribution in [0.15, 0.2) is 54.6 Å². The average molecular weight is 405 g/mol. The molecule has 2 aromatic rings. The molecule has 0 bridgehead atoms. The molecule has 2 atom stereocenters. The van der Waals surface area contributed by atoms with Crippen LogP contribution in [0.25, 0.3) is 0 Å². The van der Waals surface area contributed by atoms with Crippen LogP contribution in [-0.4, -0.2) is 12.1 Å². The topological polar surface area (TPSA) is 38.3 Å². The van der Waals surface area contributed by atoms with Gasteiger partial charge in [-0.1, -0.05) is 61.0 Å². The monoisotopic (exact) mass is 405 g/mol. The highest BCUT2D eigenvalue weighted by molar-refractivity contribution is 5.78. The third kappa shape index (κ3) is 6.60. The summed E-state index contributed by atoms with van der Waals surface area (Å²) in [5.41, 5.74) is 2.99. The summed E-state index contributed by atoms with van der Waals surface area (Å²) >= 11 is 0. The molecule has 0 unspecified atom stereocenters. The largest absolute Gasteiger partial charge is 0.391 e. The quantitative estimate of drug-likeness (QED) is 0.671. The molecule has 29 heavy (non-hydrogen) atoms. The number of rotatable bonds is 7. The number of benzene rings is 2. The number of alkyl halides is 3. The Kier molecular flexibility index (Phi) is 7.31. The van der Waals surface area contributed by atoms with Gasteiger partial charge in [0.1, 0.15) is 0 Å². The van der Waals surface area contributed by atoms with Gasteiger partial charge in [0.2, 0.25) is 5.91 Å². The number of hydrogen-bond donors (Lipinski definition) is 1. The second kappa shape index (κ2) is 9.92. The molecule has 1 fully saturated rings. The van der Waals surface area contributed by atoms with E-state index >= 15 is 0 Å². The molecule has 1 aliphatic carbocycles. The molecular weight excluding hydrogens is 379 g/mol. The van der Waals surface area contributed by atoms with E-state index in [2.05, 4.69) is 5.32 Å². The molecular formula is C23H26F3NO2. The maximum atomic E-state index is 12.9. The molecule has 1 N–H and O–H groups in total. The smallest absolute Gasteiger partial charge is 0.372 e. The zero-order valence-corrected chi connectivity index (χ0v) is 16.3. The van der Waals surface area contributed by atoms with Crippen LogP contribution in [0.5, 0.6) is 0 Å². The highest BCUT2D eigenvalue weighted by atomic mass is 19.4. The number of halogens is 3. The lowest BCUT2D eigenvalue weighted by atomic mass is 9.80. The maximum Gasteiger partial charge on any atom is 0.391 e. The first-order valence-corrected chi connectivity index (χ1v) is 9.96. The molecule has 0 spiro atoms. The lowest BCUT2D eigenvalue weighted by Crippen LogP contribution is -2.37. The van der Waals surface area contributed by atoms with Crippen molar-refractivity contribution in [3.8, 4) is 0 Å². The summed E-state index contributed by atoms with van der Waals surface area (Å²) in [7, 11) is 0. The normalized spacial score (nSPS) is 19.7. The number of carbonyl (C=O) groups excluding carboxylic acids is 1. The van der Waals surface area contributed by atoms with E-state index in [1.54, 1.807) is 0 Å². The first-order valence-electron chi connectivity index (χ1n) is 9.96. The van der Waals surface area contributed by atoms with E-state index in [1.165, 1.54) is 0 Å². The molecule has 2 aromatic carbocycles. The predicted molar refractivity (Wildman–Crippen MR) is 105 cm³/mol. The molecule has 1 aliphatic rings. The minimum atomic E-state index is -4.22. The SMILES string of the molecule is O=C(NCc1cccc(COCc2ccccc2)c1)[C@@H]1CCC[C@@H](C(F)(F)F)C1. The van der Waals surface area contributed by atoms with E-state index < -0.39 is 18.0 Å². The van der Waals surface area contributed by atoms with E-state index in [9.17, 15) is 18.0 Å². The molecule has 3 rings (SSSR count). The van der Waals surface area contributed by atoms with Crippen molar-refractivity contribution in [2.45, 2.75) is 51.6 Å². The first-order chi connectivity index (χ1) is 13.9. The summed E-state index contributed by atoms with van der Waals surface area (Å²) in [5.74, 6) is -2.21. The zero-order valence-electron chi connectivity index (χ0n) is 16.3. The Balaban J connectivity index is 1.46. The van der Waals surface area contributed by atoms with Crippen molar-refractivity contribution in [1.29, 1.82) is 0 Å². The summed E-state index contributed by atoms with van der Waals surface area (Å²) in [6.45, 7) is 1.27. The fourth-order valence-electron chi connectivity index (χ4n) is 3.75. The fraction of sp³-hybridized carbons (Fsp3) is 0.435. The Labute approximate surface area is 169 Å². The van der Waals surface area contributed by atoms with Gasteiger partial charge in [-0.15, -0.1) is 0 Å². The van der Waals surface area contributed by atoms with Crippen LogP contribution >= 0.6 is 0 Å². The van der Waals surface area contributed by atoms with Crippen LogP contribution in [0, 0.1) is 11.8 Å². The molecule has 1 saturated carbocycles. The molecule has 6 heteroatoms. The van der Waals surface area contributed by atoms with E-state index in [0.717, 1.165) is 16.7 Å². The Morgan fingerprint density at radius 3 is 2.41 bits per heavy atom. The van der Waals surface area contributed by atoms with Gasteiger partial charge in [-0.2, -0.15) is 13.2 Å². The Hall–Kier alpha value is -2.34. The molecule has 0 saturated heterocycles. The van der Waals surface area contributed by atoms with E-state index in [0.29, 0.717) is 32.6 Å². The van der Waals surface area contributed by atoms with Gasteiger partial charge in [0.05, 0.1) is 19.1 Å². The van der Waals surface area contributed by atoms with Gasteiger partial charge in [-0.25, -0.2) is 0 Å². The number of carbonyl (C=O) groups is 1. The van der Waals surface area contributed by atoms with Crippen molar-refractivity contribution >= 4 is 5.91 Å². The number of hydrogen-bond acceptors (Lipinski definition) is 2. The Bertz CT molecular complexity index is 792. The van der Waals surface area contributed by atoms with Gasteiger partial charge in [0.25, 0.3) is 0 Å². The number of ether oxygens (including phenoxy) is 1. The third-order valence-corrected chi connectivity index (χ3v) is 5.35. The molecule has 1 amide bonds. The zero-order chi connectivity index (χ0) is 20.7.